The number of benzene rings is 4. The first-order valence-electron chi connectivity index (χ1n) is 11.9. The summed E-state index contributed by atoms with van der Waals surface area (Å²) in [5, 5.41) is 13.9. The summed E-state index contributed by atoms with van der Waals surface area (Å²) in [4.78, 5) is 13.4. The monoisotopic (exact) mass is 530 g/mol. The minimum atomic E-state index is -0.705. The number of methoxy groups -OCH3 is 1. The third-order valence-corrected chi connectivity index (χ3v) is 5.84. The fourth-order valence-electron chi connectivity index (χ4n) is 3.82. The number of hydrogen-bond acceptors (Lipinski definition) is 5. The number of nitrogen functional groups attached to an aromatic ring is 1. The fraction of sp³-hybridized carbons (Fsp3) is 0.133. The van der Waals surface area contributed by atoms with Gasteiger partial charge in [-0.2, -0.15) is 0 Å². The molecule has 7 nitrogen and oxygen atoms in total. The minimum absolute atomic E-state index is 0. The van der Waals surface area contributed by atoms with Crippen molar-refractivity contribution >= 4 is 29.8 Å². The second-order valence-corrected chi connectivity index (χ2v) is 8.46. The van der Waals surface area contributed by atoms with Crippen molar-refractivity contribution < 1.29 is 14.3 Å². The zero-order valence-corrected chi connectivity index (χ0v) is 21.8. The van der Waals surface area contributed by atoms with Gasteiger partial charge in [-0.1, -0.05) is 66.7 Å². The molecular weight excluding hydrogens is 500 g/mol. The smallest absolute Gasteiger partial charge is 0.247 e. The molecule has 0 unspecified atom stereocenters. The second kappa shape index (κ2) is 13.7. The second-order valence-electron chi connectivity index (χ2n) is 8.46. The van der Waals surface area contributed by atoms with E-state index in [1.165, 1.54) is 0 Å². The first-order chi connectivity index (χ1) is 18.0. The minimum Gasteiger partial charge on any atom is -0.493 e. The van der Waals surface area contributed by atoms with Gasteiger partial charge in [-0.15, -0.1) is 12.4 Å². The Morgan fingerprint density at radius 2 is 1.50 bits per heavy atom. The standard InChI is InChI=1S/C30H30N4O3.ClH/c1-36-27-18-24(14-17-26(27)37-20-22-10-6-3-7-11-22)28(30(35)33-19-21-8-4-2-5-9-21)34-25-15-12-23(13-16-25)29(31)32;/h2-18,28,34H,19-20H2,1H3,(H3,31,32)(H,33,35);1H/t28-;/m1./s1. The molecule has 0 saturated heterocycles. The van der Waals surface area contributed by atoms with Gasteiger partial charge in [0.05, 0.1) is 7.11 Å². The van der Waals surface area contributed by atoms with Crippen molar-refractivity contribution in [3.63, 3.8) is 0 Å². The molecule has 4 rings (SSSR count). The molecule has 1 atom stereocenters. The number of carbonyl (C=O) groups excluding carboxylic acids is 1. The van der Waals surface area contributed by atoms with E-state index in [2.05, 4.69) is 10.6 Å². The van der Waals surface area contributed by atoms with Gasteiger partial charge in [0, 0.05) is 17.8 Å². The number of nitrogens with two attached hydrogens (primary N) is 1. The number of amidine groups is 1. The van der Waals surface area contributed by atoms with Crippen molar-refractivity contribution in [3.8, 4) is 11.5 Å². The van der Waals surface area contributed by atoms with Gasteiger partial charge < -0.3 is 25.8 Å². The predicted molar refractivity (Wildman–Crippen MR) is 153 cm³/mol. The Morgan fingerprint density at radius 1 is 0.868 bits per heavy atom. The first-order valence-corrected chi connectivity index (χ1v) is 11.9. The normalized spacial score (nSPS) is 11.0. The number of rotatable bonds is 11. The summed E-state index contributed by atoms with van der Waals surface area (Å²) in [5.74, 6) is 0.909. The van der Waals surface area contributed by atoms with E-state index in [1.54, 1.807) is 31.4 Å². The van der Waals surface area contributed by atoms with E-state index < -0.39 is 6.04 Å². The largest absolute Gasteiger partial charge is 0.493 e. The molecule has 0 aromatic heterocycles. The van der Waals surface area contributed by atoms with Crippen molar-refractivity contribution in [2.24, 2.45) is 5.73 Å². The van der Waals surface area contributed by atoms with E-state index in [1.807, 2.05) is 78.9 Å². The molecule has 0 bridgehead atoms. The Hall–Kier alpha value is -4.49. The maximum Gasteiger partial charge on any atom is 0.247 e. The first kappa shape index (κ1) is 28.1. The van der Waals surface area contributed by atoms with Gasteiger partial charge in [0.1, 0.15) is 18.5 Å². The maximum absolute atomic E-state index is 13.4. The summed E-state index contributed by atoms with van der Waals surface area (Å²) in [6.07, 6.45) is 0. The van der Waals surface area contributed by atoms with Crippen molar-refractivity contribution in [1.82, 2.24) is 5.32 Å². The molecule has 0 saturated carbocycles. The van der Waals surface area contributed by atoms with Crippen molar-refractivity contribution in [2.45, 2.75) is 19.2 Å². The molecular formula is C30H31ClN4O3. The number of carbonyl (C=O) groups is 1. The van der Waals surface area contributed by atoms with E-state index in [-0.39, 0.29) is 24.1 Å². The zero-order valence-electron chi connectivity index (χ0n) is 21.0. The van der Waals surface area contributed by atoms with Crippen LogP contribution in [0.1, 0.15) is 28.3 Å². The molecule has 4 aromatic carbocycles. The molecule has 0 spiro atoms. The van der Waals surface area contributed by atoms with Gasteiger partial charge in [-0.05, 0) is 53.1 Å². The van der Waals surface area contributed by atoms with Crippen molar-refractivity contribution in [3.05, 3.63) is 125 Å². The highest BCUT2D eigenvalue weighted by Gasteiger charge is 2.22. The molecule has 0 fully saturated rings. The quantitative estimate of drug-likeness (QED) is 0.152. The van der Waals surface area contributed by atoms with Crippen LogP contribution in [0.4, 0.5) is 5.69 Å². The molecule has 1 amide bonds. The number of ether oxygens (including phenoxy) is 2. The highest BCUT2D eigenvalue weighted by atomic mass is 35.5. The van der Waals surface area contributed by atoms with E-state index in [0.29, 0.717) is 41.5 Å². The molecule has 0 heterocycles. The third kappa shape index (κ3) is 7.51. The summed E-state index contributed by atoms with van der Waals surface area (Å²) in [6, 6.07) is 31.5. The third-order valence-electron chi connectivity index (χ3n) is 5.84. The maximum atomic E-state index is 13.4. The van der Waals surface area contributed by atoms with Crippen LogP contribution in [0.5, 0.6) is 11.5 Å². The average molecular weight is 531 g/mol. The summed E-state index contributed by atoms with van der Waals surface area (Å²) < 4.78 is 11.6. The Morgan fingerprint density at radius 3 is 2.11 bits per heavy atom. The molecule has 4 aromatic rings. The lowest BCUT2D eigenvalue weighted by atomic mass is 10.0. The van der Waals surface area contributed by atoms with Crippen molar-refractivity contribution in [2.75, 3.05) is 12.4 Å². The number of anilines is 1. The van der Waals surface area contributed by atoms with Crippen LogP contribution in [0.25, 0.3) is 0 Å². The molecule has 0 aliphatic carbocycles. The molecule has 196 valence electrons. The Bertz CT molecular complexity index is 1330. The van der Waals surface area contributed by atoms with Crippen molar-refractivity contribution in [1.29, 1.82) is 5.41 Å². The Kier molecular flexibility index (Phi) is 10.1. The van der Waals surface area contributed by atoms with Gasteiger partial charge in [0.2, 0.25) is 5.91 Å². The van der Waals surface area contributed by atoms with Crippen LogP contribution >= 0.6 is 12.4 Å². The number of hydrogen-bond donors (Lipinski definition) is 4. The van der Waals surface area contributed by atoms with E-state index in [9.17, 15) is 4.79 Å². The average Bonchev–Trinajstić information content (AvgIpc) is 2.95. The van der Waals surface area contributed by atoms with Gasteiger partial charge in [-0.3, -0.25) is 10.2 Å². The van der Waals surface area contributed by atoms with Crippen LogP contribution in [-0.4, -0.2) is 18.9 Å². The summed E-state index contributed by atoms with van der Waals surface area (Å²) in [6.45, 7) is 0.800. The zero-order chi connectivity index (χ0) is 26.0. The van der Waals surface area contributed by atoms with Gasteiger partial charge in [0.15, 0.2) is 11.5 Å². The van der Waals surface area contributed by atoms with Crippen LogP contribution in [0.3, 0.4) is 0 Å². The van der Waals surface area contributed by atoms with E-state index >= 15 is 0 Å². The highest BCUT2D eigenvalue weighted by molar-refractivity contribution is 5.95. The van der Waals surface area contributed by atoms with Crippen LogP contribution in [0.15, 0.2) is 103 Å². The van der Waals surface area contributed by atoms with Crippen LogP contribution in [0.2, 0.25) is 0 Å². The molecule has 0 aliphatic rings. The van der Waals surface area contributed by atoms with E-state index in [0.717, 1.165) is 11.1 Å². The van der Waals surface area contributed by atoms with Crippen LogP contribution < -0.4 is 25.8 Å². The number of halogens is 1. The predicted octanol–water partition coefficient (Wildman–Crippen LogP) is 5.45. The Labute approximate surface area is 228 Å². The molecule has 0 radical (unpaired) electrons. The topological polar surface area (TPSA) is 109 Å². The number of amides is 1. The van der Waals surface area contributed by atoms with Gasteiger partial charge in [0.25, 0.3) is 0 Å². The Balaban J connectivity index is 0.00000400. The molecule has 5 N–H and O–H groups in total. The summed E-state index contributed by atoms with van der Waals surface area (Å²) in [7, 11) is 1.58. The van der Waals surface area contributed by atoms with Crippen LogP contribution in [0, 0.1) is 5.41 Å². The summed E-state index contributed by atoms with van der Waals surface area (Å²) >= 11 is 0. The lowest BCUT2D eigenvalue weighted by Crippen LogP contribution is -2.33. The lowest BCUT2D eigenvalue weighted by Gasteiger charge is -2.22. The summed E-state index contributed by atoms with van der Waals surface area (Å²) in [5.41, 5.74) is 9.66. The van der Waals surface area contributed by atoms with Gasteiger partial charge in [-0.25, -0.2) is 0 Å². The molecule has 8 heteroatoms. The lowest BCUT2D eigenvalue weighted by molar-refractivity contribution is -0.122. The molecule has 0 aliphatic heterocycles. The SMILES string of the molecule is COc1cc([C@@H](Nc2ccc(C(=N)N)cc2)C(=O)NCc2ccccc2)ccc1OCc1ccccc1.Cl. The fourth-order valence-corrected chi connectivity index (χ4v) is 3.82. The highest BCUT2D eigenvalue weighted by Crippen LogP contribution is 2.32. The van der Waals surface area contributed by atoms with E-state index in [4.69, 9.17) is 20.6 Å². The number of nitrogens with one attached hydrogen (secondary N) is 3. The molecule has 38 heavy (non-hydrogen) atoms. The van der Waals surface area contributed by atoms with Gasteiger partial charge >= 0.3 is 0 Å². The van der Waals surface area contributed by atoms with Crippen LogP contribution in [-0.2, 0) is 17.9 Å².